The highest BCUT2D eigenvalue weighted by molar-refractivity contribution is 5.80. The molecule has 5 nitrogen and oxygen atoms in total. The maximum absolute atomic E-state index is 12.1. The molecule has 1 saturated heterocycles. The number of hydrogen-bond acceptors (Lipinski definition) is 4. The Morgan fingerprint density at radius 2 is 2.00 bits per heavy atom. The summed E-state index contributed by atoms with van der Waals surface area (Å²) < 4.78 is 5.37. The fourth-order valence-corrected chi connectivity index (χ4v) is 3.01. The van der Waals surface area contributed by atoms with E-state index in [0.29, 0.717) is 24.0 Å². The molecule has 2 aromatic rings. The number of hydrogen-bond donors (Lipinski definition) is 0. The van der Waals surface area contributed by atoms with Gasteiger partial charge in [0.1, 0.15) is 0 Å². The minimum Gasteiger partial charge on any atom is -0.341 e. The van der Waals surface area contributed by atoms with E-state index >= 15 is 0 Å². The van der Waals surface area contributed by atoms with Gasteiger partial charge in [-0.2, -0.15) is 4.98 Å². The van der Waals surface area contributed by atoms with Gasteiger partial charge in [0.15, 0.2) is 5.82 Å². The first kappa shape index (κ1) is 13.5. The number of benzene rings is 1. The molecule has 1 aliphatic heterocycles. The molecule has 4 rings (SSSR count). The van der Waals surface area contributed by atoms with Gasteiger partial charge in [0, 0.05) is 25.4 Å². The summed E-state index contributed by atoms with van der Waals surface area (Å²) in [4.78, 5) is 18.5. The number of nitrogens with zero attached hydrogens (tertiary/aromatic N) is 3. The second kappa shape index (κ2) is 5.55. The van der Waals surface area contributed by atoms with Gasteiger partial charge in [-0.3, -0.25) is 4.79 Å². The first-order valence-corrected chi connectivity index (χ1v) is 7.95. The third kappa shape index (κ3) is 2.51. The van der Waals surface area contributed by atoms with Gasteiger partial charge in [0.25, 0.3) is 0 Å². The first-order chi connectivity index (χ1) is 10.8. The van der Waals surface area contributed by atoms with E-state index in [1.54, 1.807) is 0 Å². The van der Waals surface area contributed by atoms with Crippen molar-refractivity contribution in [2.75, 3.05) is 13.1 Å². The Hall–Kier alpha value is -2.17. The quantitative estimate of drug-likeness (QED) is 0.869. The lowest BCUT2D eigenvalue weighted by molar-refractivity contribution is -0.143. The molecule has 0 N–H and O–H groups in total. The van der Waals surface area contributed by atoms with E-state index in [1.807, 2.05) is 23.1 Å². The molecule has 2 aliphatic rings. The fourth-order valence-electron chi connectivity index (χ4n) is 3.01. The molecule has 1 aromatic heterocycles. The topological polar surface area (TPSA) is 59.2 Å². The standard InChI is InChI=1S/C17H19N3O2/c21-17(13-7-4-8-13)20-10-14(11-20)16-18-15(19-22-16)9-12-5-2-1-3-6-12/h1-3,5-6,13-14H,4,7-11H2. The summed E-state index contributed by atoms with van der Waals surface area (Å²) >= 11 is 0. The molecular weight excluding hydrogens is 278 g/mol. The Morgan fingerprint density at radius 1 is 1.23 bits per heavy atom. The molecule has 1 aromatic carbocycles. The molecule has 114 valence electrons. The Balaban J connectivity index is 1.34. The monoisotopic (exact) mass is 297 g/mol. The van der Waals surface area contributed by atoms with Gasteiger partial charge in [0.2, 0.25) is 11.8 Å². The summed E-state index contributed by atoms with van der Waals surface area (Å²) in [5, 5.41) is 4.06. The first-order valence-electron chi connectivity index (χ1n) is 7.95. The fraction of sp³-hybridized carbons (Fsp3) is 0.471. The number of rotatable bonds is 4. The molecule has 0 atom stereocenters. The van der Waals surface area contributed by atoms with Crippen molar-refractivity contribution < 1.29 is 9.32 Å². The minimum atomic E-state index is 0.209. The molecule has 5 heteroatoms. The maximum atomic E-state index is 12.1. The highest BCUT2D eigenvalue weighted by Crippen LogP contribution is 2.33. The van der Waals surface area contributed by atoms with Gasteiger partial charge in [0.05, 0.1) is 5.92 Å². The van der Waals surface area contributed by atoms with Crippen LogP contribution >= 0.6 is 0 Å². The zero-order valence-corrected chi connectivity index (χ0v) is 12.4. The largest absolute Gasteiger partial charge is 0.341 e. The highest BCUT2D eigenvalue weighted by atomic mass is 16.5. The molecule has 2 fully saturated rings. The van der Waals surface area contributed by atoms with Crippen molar-refractivity contribution in [2.24, 2.45) is 5.92 Å². The second-order valence-corrected chi connectivity index (χ2v) is 6.28. The Morgan fingerprint density at radius 3 is 2.68 bits per heavy atom. The van der Waals surface area contributed by atoms with Crippen LogP contribution in [0.5, 0.6) is 0 Å². The van der Waals surface area contributed by atoms with Crippen molar-refractivity contribution in [3.8, 4) is 0 Å². The smallest absolute Gasteiger partial charge is 0.233 e. The van der Waals surface area contributed by atoms with E-state index in [9.17, 15) is 4.79 Å². The normalized spacial score (nSPS) is 18.8. The summed E-state index contributed by atoms with van der Waals surface area (Å²) in [6.45, 7) is 1.45. The number of likely N-dealkylation sites (tertiary alicyclic amines) is 1. The minimum absolute atomic E-state index is 0.209. The highest BCUT2D eigenvalue weighted by Gasteiger charge is 2.39. The van der Waals surface area contributed by atoms with Crippen LogP contribution < -0.4 is 0 Å². The average molecular weight is 297 g/mol. The lowest BCUT2D eigenvalue weighted by Gasteiger charge is -2.41. The molecule has 1 amide bonds. The van der Waals surface area contributed by atoms with Crippen LogP contribution in [0.3, 0.4) is 0 Å². The summed E-state index contributed by atoms with van der Waals surface area (Å²) in [5.41, 5.74) is 1.17. The van der Waals surface area contributed by atoms with Gasteiger partial charge in [-0.1, -0.05) is 41.9 Å². The summed E-state index contributed by atoms with van der Waals surface area (Å²) in [7, 11) is 0. The molecule has 2 heterocycles. The van der Waals surface area contributed by atoms with Gasteiger partial charge in [-0.25, -0.2) is 0 Å². The third-order valence-electron chi connectivity index (χ3n) is 4.69. The lowest BCUT2D eigenvalue weighted by Crippen LogP contribution is -2.51. The van der Waals surface area contributed by atoms with Gasteiger partial charge < -0.3 is 9.42 Å². The molecule has 0 unspecified atom stereocenters. The van der Waals surface area contributed by atoms with Gasteiger partial charge >= 0.3 is 0 Å². The molecule has 0 bridgehead atoms. The number of carbonyl (C=O) groups excluding carboxylic acids is 1. The van der Waals surface area contributed by atoms with Crippen molar-refractivity contribution in [3.63, 3.8) is 0 Å². The Labute approximate surface area is 129 Å². The second-order valence-electron chi connectivity index (χ2n) is 6.28. The number of carbonyl (C=O) groups is 1. The zero-order valence-electron chi connectivity index (χ0n) is 12.4. The van der Waals surface area contributed by atoms with E-state index in [0.717, 1.165) is 25.9 Å². The lowest BCUT2D eigenvalue weighted by atomic mass is 9.83. The van der Waals surface area contributed by atoms with Crippen LogP contribution in [-0.2, 0) is 11.2 Å². The van der Waals surface area contributed by atoms with Crippen molar-refractivity contribution in [1.82, 2.24) is 15.0 Å². The van der Waals surface area contributed by atoms with E-state index in [2.05, 4.69) is 22.3 Å². The third-order valence-corrected chi connectivity index (χ3v) is 4.69. The molecule has 1 saturated carbocycles. The van der Waals surface area contributed by atoms with E-state index < -0.39 is 0 Å². The van der Waals surface area contributed by atoms with E-state index in [-0.39, 0.29) is 11.8 Å². The Bertz CT molecular complexity index is 658. The number of amides is 1. The van der Waals surface area contributed by atoms with Crippen LogP contribution in [0.1, 0.15) is 42.5 Å². The van der Waals surface area contributed by atoms with Crippen molar-refractivity contribution in [2.45, 2.75) is 31.6 Å². The Kier molecular flexibility index (Phi) is 3.41. The van der Waals surface area contributed by atoms with Gasteiger partial charge in [-0.15, -0.1) is 0 Å². The van der Waals surface area contributed by atoms with Crippen LogP contribution in [0.25, 0.3) is 0 Å². The van der Waals surface area contributed by atoms with Gasteiger partial charge in [-0.05, 0) is 18.4 Å². The van der Waals surface area contributed by atoms with Crippen molar-refractivity contribution >= 4 is 5.91 Å². The van der Waals surface area contributed by atoms with Crippen molar-refractivity contribution in [3.05, 3.63) is 47.6 Å². The maximum Gasteiger partial charge on any atom is 0.233 e. The predicted octanol–water partition coefficient (Wildman–Crippen LogP) is 2.39. The van der Waals surface area contributed by atoms with Crippen molar-refractivity contribution in [1.29, 1.82) is 0 Å². The molecule has 1 aliphatic carbocycles. The van der Waals surface area contributed by atoms with Crippen LogP contribution in [0.15, 0.2) is 34.9 Å². The summed E-state index contributed by atoms with van der Waals surface area (Å²) in [6.07, 6.45) is 3.99. The SMILES string of the molecule is O=C(C1CCC1)N1CC(c2nc(Cc3ccccc3)no2)C1. The molecular formula is C17H19N3O2. The van der Waals surface area contributed by atoms with Crippen LogP contribution in [0, 0.1) is 5.92 Å². The van der Waals surface area contributed by atoms with Crippen LogP contribution in [0.2, 0.25) is 0 Å². The zero-order chi connectivity index (χ0) is 14.9. The molecule has 0 radical (unpaired) electrons. The molecule has 22 heavy (non-hydrogen) atoms. The summed E-state index contributed by atoms with van der Waals surface area (Å²) in [6, 6.07) is 10.1. The van der Waals surface area contributed by atoms with E-state index in [4.69, 9.17) is 4.52 Å². The van der Waals surface area contributed by atoms with Crippen LogP contribution in [0.4, 0.5) is 0 Å². The van der Waals surface area contributed by atoms with E-state index in [1.165, 1.54) is 12.0 Å². The predicted molar refractivity (Wildman–Crippen MR) is 80.2 cm³/mol. The number of aromatic nitrogens is 2. The summed E-state index contributed by atoms with van der Waals surface area (Å²) in [5.74, 6) is 2.18. The average Bonchev–Trinajstić information content (AvgIpc) is 2.84. The molecule has 0 spiro atoms. The van der Waals surface area contributed by atoms with Crippen LogP contribution in [-0.4, -0.2) is 34.0 Å².